The molecule has 2 heteroatoms. The maximum atomic E-state index is 9.56. The van der Waals surface area contributed by atoms with Crippen LogP contribution in [0.25, 0.3) is 0 Å². The molecule has 1 aliphatic rings. The van der Waals surface area contributed by atoms with E-state index in [0.29, 0.717) is 5.92 Å². The molecule has 10 heavy (non-hydrogen) atoms. The van der Waals surface area contributed by atoms with Crippen molar-refractivity contribution >= 4 is 0 Å². The Kier molecular flexibility index (Phi) is 2.69. The lowest BCUT2D eigenvalue weighted by Gasteiger charge is -2.34. The van der Waals surface area contributed by atoms with Gasteiger partial charge < -0.3 is 5.11 Å². The fourth-order valence-corrected chi connectivity index (χ4v) is 1.66. The van der Waals surface area contributed by atoms with Gasteiger partial charge in [0.05, 0.1) is 0 Å². The number of piperidine rings is 1. The van der Waals surface area contributed by atoms with Gasteiger partial charge in [-0.25, -0.2) is 0 Å². The third-order valence-electron chi connectivity index (χ3n) is 2.48. The van der Waals surface area contributed by atoms with Crippen LogP contribution < -0.4 is 0 Å². The normalized spacial score (nSPS) is 36.3. The van der Waals surface area contributed by atoms with Crippen LogP contribution in [0.2, 0.25) is 0 Å². The van der Waals surface area contributed by atoms with Gasteiger partial charge in [-0.05, 0) is 32.2 Å². The van der Waals surface area contributed by atoms with Crippen molar-refractivity contribution in [2.75, 3.05) is 13.6 Å². The van der Waals surface area contributed by atoms with Crippen LogP contribution in [-0.4, -0.2) is 29.8 Å². The molecule has 0 saturated carbocycles. The van der Waals surface area contributed by atoms with Crippen LogP contribution in [0, 0.1) is 5.92 Å². The fourth-order valence-electron chi connectivity index (χ4n) is 1.66. The number of aliphatic hydroxyl groups is 1. The first-order valence-electron chi connectivity index (χ1n) is 4.14. The zero-order chi connectivity index (χ0) is 7.56. The predicted octanol–water partition coefficient (Wildman–Crippen LogP) is 1.06. The van der Waals surface area contributed by atoms with Crippen molar-refractivity contribution < 1.29 is 5.11 Å². The summed E-state index contributed by atoms with van der Waals surface area (Å²) in [6.07, 6.45) is 3.36. The summed E-state index contributed by atoms with van der Waals surface area (Å²) in [5.74, 6) is 0.513. The van der Waals surface area contributed by atoms with Crippen molar-refractivity contribution in [2.45, 2.75) is 32.4 Å². The van der Waals surface area contributed by atoms with Gasteiger partial charge in [-0.3, -0.25) is 4.90 Å². The molecule has 2 unspecified atom stereocenters. The molecule has 2 atom stereocenters. The molecular formula is C8H17NO. The van der Waals surface area contributed by atoms with E-state index in [1.54, 1.807) is 0 Å². The van der Waals surface area contributed by atoms with Crippen molar-refractivity contribution in [3.8, 4) is 0 Å². The van der Waals surface area contributed by atoms with Crippen LogP contribution in [-0.2, 0) is 0 Å². The highest BCUT2D eigenvalue weighted by atomic mass is 16.3. The third kappa shape index (κ3) is 1.50. The second-order valence-corrected chi connectivity index (χ2v) is 3.20. The lowest BCUT2D eigenvalue weighted by atomic mass is 9.94. The summed E-state index contributed by atoms with van der Waals surface area (Å²) < 4.78 is 0. The Bertz CT molecular complexity index is 105. The molecule has 0 amide bonds. The van der Waals surface area contributed by atoms with Gasteiger partial charge >= 0.3 is 0 Å². The van der Waals surface area contributed by atoms with Gasteiger partial charge in [-0.1, -0.05) is 6.92 Å². The van der Waals surface area contributed by atoms with Crippen molar-refractivity contribution in [2.24, 2.45) is 5.92 Å². The van der Waals surface area contributed by atoms with E-state index >= 15 is 0 Å². The monoisotopic (exact) mass is 143 g/mol. The number of rotatable bonds is 1. The molecule has 0 aliphatic carbocycles. The number of aliphatic hydroxyl groups excluding tert-OH is 1. The molecule has 1 rings (SSSR count). The van der Waals surface area contributed by atoms with Crippen LogP contribution in [0.5, 0.6) is 0 Å². The molecule has 0 aromatic carbocycles. The largest absolute Gasteiger partial charge is 0.378 e. The first-order valence-corrected chi connectivity index (χ1v) is 4.14. The van der Waals surface area contributed by atoms with E-state index in [4.69, 9.17) is 0 Å². The highest BCUT2D eigenvalue weighted by Crippen LogP contribution is 2.22. The molecule has 1 heterocycles. The quantitative estimate of drug-likeness (QED) is 0.593. The molecular weight excluding hydrogens is 126 g/mol. The van der Waals surface area contributed by atoms with Gasteiger partial charge in [-0.2, -0.15) is 0 Å². The van der Waals surface area contributed by atoms with Gasteiger partial charge in [0.15, 0.2) is 0 Å². The molecule has 1 fully saturated rings. The van der Waals surface area contributed by atoms with Gasteiger partial charge in [0.25, 0.3) is 0 Å². The lowest BCUT2D eigenvalue weighted by molar-refractivity contribution is -0.0518. The average Bonchev–Trinajstić information content (AvgIpc) is 1.95. The molecule has 0 radical (unpaired) electrons. The average molecular weight is 143 g/mol. The standard InChI is InChI=1S/C8H17NO/c1-3-7-5-4-6-9(2)8(7)10/h7-8,10H,3-6H2,1-2H3. The molecule has 0 aromatic heterocycles. The number of hydrogen-bond acceptors (Lipinski definition) is 2. The van der Waals surface area contributed by atoms with Gasteiger partial charge in [0.2, 0.25) is 0 Å². The molecule has 1 saturated heterocycles. The minimum atomic E-state index is -0.182. The van der Waals surface area contributed by atoms with E-state index in [2.05, 4.69) is 6.92 Å². The van der Waals surface area contributed by atoms with Gasteiger partial charge in [0, 0.05) is 6.54 Å². The summed E-state index contributed by atoms with van der Waals surface area (Å²) in [6, 6.07) is 0. The molecule has 0 bridgehead atoms. The van der Waals surface area contributed by atoms with Gasteiger partial charge in [-0.15, -0.1) is 0 Å². The van der Waals surface area contributed by atoms with E-state index in [0.717, 1.165) is 13.0 Å². The summed E-state index contributed by atoms with van der Waals surface area (Å²) in [5, 5.41) is 9.56. The Hall–Kier alpha value is -0.0800. The Balaban J connectivity index is 2.42. The molecule has 60 valence electrons. The molecule has 0 spiro atoms. The minimum absolute atomic E-state index is 0.182. The first-order chi connectivity index (χ1) is 4.75. The summed E-state index contributed by atoms with van der Waals surface area (Å²) in [6.45, 7) is 3.20. The maximum absolute atomic E-state index is 9.56. The number of likely N-dealkylation sites (tertiary alicyclic amines) is 1. The maximum Gasteiger partial charge on any atom is 0.109 e. The highest BCUT2D eigenvalue weighted by Gasteiger charge is 2.24. The number of nitrogens with zero attached hydrogens (tertiary/aromatic N) is 1. The molecule has 2 nitrogen and oxygen atoms in total. The lowest BCUT2D eigenvalue weighted by Crippen LogP contribution is -2.42. The molecule has 1 N–H and O–H groups in total. The zero-order valence-electron chi connectivity index (χ0n) is 6.88. The Morgan fingerprint density at radius 3 is 2.80 bits per heavy atom. The second kappa shape index (κ2) is 3.35. The Morgan fingerprint density at radius 2 is 2.30 bits per heavy atom. The summed E-state index contributed by atoms with van der Waals surface area (Å²) in [7, 11) is 1.99. The van der Waals surface area contributed by atoms with Crippen LogP contribution in [0.15, 0.2) is 0 Å². The van der Waals surface area contributed by atoms with E-state index < -0.39 is 0 Å². The summed E-state index contributed by atoms with van der Waals surface area (Å²) in [5.41, 5.74) is 0. The Labute approximate surface area is 62.8 Å². The molecule has 1 aliphatic heterocycles. The Morgan fingerprint density at radius 1 is 1.60 bits per heavy atom. The third-order valence-corrected chi connectivity index (χ3v) is 2.48. The van der Waals surface area contributed by atoms with Crippen LogP contribution in [0.1, 0.15) is 26.2 Å². The van der Waals surface area contributed by atoms with Crippen LogP contribution in [0.4, 0.5) is 0 Å². The van der Waals surface area contributed by atoms with E-state index in [9.17, 15) is 5.11 Å². The van der Waals surface area contributed by atoms with Crippen LogP contribution >= 0.6 is 0 Å². The number of hydrogen-bond donors (Lipinski definition) is 1. The highest BCUT2D eigenvalue weighted by molar-refractivity contribution is 4.73. The van der Waals surface area contributed by atoms with Crippen molar-refractivity contribution in [1.29, 1.82) is 0 Å². The summed E-state index contributed by atoms with van der Waals surface area (Å²) >= 11 is 0. The molecule has 0 aromatic rings. The van der Waals surface area contributed by atoms with Gasteiger partial charge in [0.1, 0.15) is 6.23 Å². The van der Waals surface area contributed by atoms with E-state index in [1.807, 2.05) is 11.9 Å². The SMILES string of the molecule is CCC1CCCN(C)C1O. The van der Waals surface area contributed by atoms with Crippen molar-refractivity contribution in [1.82, 2.24) is 4.90 Å². The minimum Gasteiger partial charge on any atom is -0.378 e. The van der Waals surface area contributed by atoms with E-state index in [-0.39, 0.29) is 6.23 Å². The van der Waals surface area contributed by atoms with Crippen molar-refractivity contribution in [3.63, 3.8) is 0 Å². The smallest absolute Gasteiger partial charge is 0.109 e. The summed E-state index contributed by atoms with van der Waals surface area (Å²) in [4.78, 5) is 2.04. The van der Waals surface area contributed by atoms with E-state index in [1.165, 1.54) is 12.8 Å². The van der Waals surface area contributed by atoms with Crippen molar-refractivity contribution in [3.05, 3.63) is 0 Å². The topological polar surface area (TPSA) is 23.5 Å². The predicted molar refractivity (Wildman–Crippen MR) is 41.7 cm³/mol. The zero-order valence-corrected chi connectivity index (χ0v) is 6.88. The van der Waals surface area contributed by atoms with Crippen LogP contribution in [0.3, 0.4) is 0 Å². The first kappa shape index (κ1) is 8.02. The second-order valence-electron chi connectivity index (χ2n) is 3.20. The fraction of sp³-hybridized carbons (Fsp3) is 1.00.